The summed E-state index contributed by atoms with van der Waals surface area (Å²) in [5.74, 6) is -0.611. The third-order valence-electron chi connectivity index (χ3n) is 5.25. The normalized spacial score (nSPS) is 21.7. The number of aliphatic hydroxyl groups excluding tert-OH is 1. The van der Waals surface area contributed by atoms with Gasteiger partial charge in [-0.15, -0.1) is 0 Å². The highest BCUT2D eigenvalue weighted by molar-refractivity contribution is 5.80. The van der Waals surface area contributed by atoms with Crippen LogP contribution in [0.2, 0.25) is 0 Å². The van der Waals surface area contributed by atoms with Crippen LogP contribution in [0, 0.1) is 5.92 Å². The van der Waals surface area contributed by atoms with Crippen LogP contribution in [0.4, 0.5) is 0 Å². The Morgan fingerprint density at radius 1 is 1.27 bits per heavy atom. The van der Waals surface area contributed by atoms with Crippen molar-refractivity contribution in [1.82, 2.24) is 10.2 Å². The number of nitrogens with zero attached hydrogens (tertiary/aromatic N) is 1. The Hall–Kier alpha value is -1.92. The topological polar surface area (TPSA) is 78.9 Å². The first-order valence-electron chi connectivity index (χ1n) is 9.20. The lowest BCUT2D eigenvalue weighted by Crippen LogP contribution is -2.50. The second-order valence-electron chi connectivity index (χ2n) is 7.06. The van der Waals surface area contributed by atoms with Crippen LogP contribution in [0.5, 0.6) is 0 Å². The summed E-state index contributed by atoms with van der Waals surface area (Å²) < 4.78 is 5.61. The lowest BCUT2D eigenvalue weighted by atomic mass is 9.94. The van der Waals surface area contributed by atoms with E-state index >= 15 is 0 Å². The van der Waals surface area contributed by atoms with Crippen LogP contribution in [0.1, 0.15) is 45.3 Å². The standard InChI is InChI=1S/C20H30N2O4/c1-13(19(26-4)17-11-8-12-22(17)15(3)23)20(25)21-14(2)18(24)16-9-6-5-7-10-16/h5-7,9-10,13-14,17-19,24H,8,11-12H2,1-4H3,(H,21,25)/t13-,14-,17+,18?,19-/m1/s1. The lowest BCUT2D eigenvalue weighted by molar-refractivity contribution is -0.139. The molecule has 0 spiro atoms. The molecular weight excluding hydrogens is 332 g/mol. The van der Waals surface area contributed by atoms with E-state index in [1.165, 1.54) is 0 Å². The van der Waals surface area contributed by atoms with Crippen molar-refractivity contribution < 1.29 is 19.4 Å². The summed E-state index contributed by atoms with van der Waals surface area (Å²) in [6.45, 7) is 5.84. The maximum atomic E-state index is 12.7. The first kappa shape index (κ1) is 20.4. The number of benzene rings is 1. The highest BCUT2D eigenvalue weighted by atomic mass is 16.5. The van der Waals surface area contributed by atoms with E-state index < -0.39 is 18.1 Å². The molecule has 6 nitrogen and oxygen atoms in total. The molecular formula is C20H30N2O4. The summed E-state index contributed by atoms with van der Waals surface area (Å²) in [6, 6.07) is 8.73. The van der Waals surface area contributed by atoms with Gasteiger partial charge in [0.25, 0.3) is 0 Å². The molecule has 6 heteroatoms. The first-order valence-corrected chi connectivity index (χ1v) is 9.20. The lowest BCUT2D eigenvalue weighted by Gasteiger charge is -2.34. The van der Waals surface area contributed by atoms with Crippen LogP contribution in [0.3, 0.4) is 0 Å². The maximum Gasteiger partial charge on any atom is 0.225 e. The second kappa shape index (κ2) is 9.14. The molecule has 2 amide bonds. The fraction of sp³-hybridized carbons (Fsp3) is 0.600. The summed E-state index contributed by atoms with van der Waals surface area (Å²) in [4.78, 5) is 26.3. The summed E-state index contributed by atoms with van der Waals surface area (Å²) in [5, 5.41) is 13.3. The number of hydrogen-bond donors (Lipinski definition) is 2. The predicted octanol–water partition coefficient (Wildman–Crippen LogP) is 1.89. The molecule has 0 bridgehead atoms. The number of aliphatic hydroxyl groups is 1. The zero-order chi connectivity index (χ0) is 19.3. The Balaban J connectivity index is 2.01. The van der Waals surface area contributed by atoms with Gasteiger partial charge >= 0.3 is 0 Å². The number of ether oxygens (including phenoxy) is 1. The number of amides is 2. The molecule has 1 heterocycles. The summed E-state index contributed by atoms with van der Waals surface area (Å²) in [6.07, 6.45) is 0.593. The number of rotatable bonds is 7. The van der Waals surface area contributed by atoms with Gasteiger partial charge in [-0.1, -0.05) is 37.3 Å². The highest BCUT2D eigenvalue weighted by Gasteiger charge is 2.39. The van der Waals surface area contributed by atoms with Crippen molar-refractivity contribution in [3.8, 4) is 0 Å². The second-order valence-corrected chi connectivity index (χ2v) is 7.06. The minimum absolute atomic E-state index is 0.00928. The molecule has 26 heavy (non-hydrogen) atoms. The molecule has 1 aromatic rings. The van der Waals surface area contributed by atoms with E-state index in [0.717, 1.165) is 18.4 Å². The van der Waals surface area contributed by atoms with Crippen molar-refractivity contribution in [2.24, 2.45) is 5.92 Å². The molecule has 1 aromatic carbocycles. The number of hydrogen-bond acceptors (Lipinski definition) is 4. The number of likely N-dealkylation sites (tertiary alicyclic amines) is 1. The zero-order valence-electron chi connectivity index (χ0n) is 16.0. The van der Waals surface area contributed by atoms with Crippen molar-refractivity contribution in [2.45, 2.75) is 57.9 Å². The van der Waals surface area contributed by atoms with E-state index in [1.807, 2.05) is 37.3 Å². The Labute approximate surface area is 155 Å². The highest BCUT2D eigenvalue weighted by Crippen LogP contribution is 2.26. The number of carbonyl (C=O) groups excluding carboxylic acids is 2. The van der Waals surface area contributed by atoms with Crippen molar-refractivity contribution >= 4 is 11.8 Å². The van der Waals surface area contributed by atoms with E-state index in [-0.39, 0.29) is 24.0 Å². The van der Waals surface area contributed by atoms with Gasteiger partial charge in [-0.05, 0) is 25.3 Å². The molecule has 2 N–H and O–H groups in total. The van der Waals surface area contributed by atoms with Crippen LogP contribution in [0.15, 0.2) is 30.3 Å². The Bertz CT molecular complexity index is 607. The van der Waals surface area contributed by atoms with Gasteiger partial charge < -0.3 is 20.1 Å². The molecule has 144 valence electrons. The van der Waals surface area contributed by atoms with E-state index in [9.17, 15) is 14.7 Å². The molecule has 1 fully saturated rings. The maximum absolute atomic E-state index is 12.7. The predicted molar refractivity (Wildman–Crippen MR) is 99.4 cm³/mol. The van der Waals surface area contributed by atoms with Crippen molar-refractivity contribution in [1.29, 1.82) is 0 Å². The fourth-order valence-electron chi connectivity index (χ4n) is 3.74. The van der Waals surface area contributed by atoms with Crippen LogP contribution in [-0.2, 0) is 14.3 Å². The van der Waals surface area contributed by atoms with Gasteiger partial charge in [0.2, 0.25) is 11.8 Å². The quantitative estimate of drug-likeness (QED) is 0.776. The summed E-state index contributed by atoms with van der Waals surface area (Å²) in [7, 11) is 1.58. The molecule has 5 atom stereocenters. The van der Waals surface area contributed by atoms with Gasteiger partial charge in [0, 0.05) is 20.6 Å². The van der Waals surface area contributed by atoms with E-state index in [0.29, 0.717) is 6.54 Å². The minimum atomic E-state index is -0.784. The van der Waals surface area contributed by atoms with E-state index in [2.05, 4.69) is 5.32 Å². The Kier molecular flexibility index (Phi) is 7.17. The monoisotopic (exact) mass is 362 g/mol. The number of carbonyl (C=O) groups is 2. The van der Waals surface area contributed by atoms with Crippen LogP contribution >= 0.6 is 0 Å². The molecule has 0 aromatic heterocycles. The van der Waals surface area contributed by atoms with Gasteiger partial charge in [-0.25, -0.2) is 0 Å². The summed E-state index contributed by atoms with van der Waals surface area (Å²) in [5.41, 5.74) is 0.759. The molecule has 2 rings (SSSR count). The molecule has 0 saturated carbocycles. The van der Waals surface area contributed by atoms with Crippen LogP contribution < -0.4 is 5.32 Å². The van der Waals surface area contributed by atoms with Crippen molar-refractivity contribution in [2.75, 3.05) is 13.7 Å². The molecule has 1 saturated heterocycles. The molecule has 1 aliphatic rings. The number of methoxy groups -OCH3 is 1. The fourth-order valence-corrected chi connectivity index (χ4v) is 3.74. The van der Waals surface area contributed by atoms with Crippen LogP contribution in [0.25, 0.3) is 0 Å². The van der Waals surface area contributed by atoms with Gasteiger partial charge in [-0.3, -0.25) is 9.59 Å². The van der Waals surface area contributed by atoms with Gasteiger partial charge in [0.1, 0.15) is 0 Å². The van der Waals surface area contributed by atoms with Gasteiger partial charge in [0.05, 0.1) is 30.2 Å². The minimum Gasteiger partial charge on any atom is -0.386 e. The Morgan fingerprint density at radius 2 is 1.92 bits per heavy atom. The zero-order valence-corrected chi connectivity index (χ0v) is 16.0. The average Bonchev–Trinajstić information content (AvgIpc) is 3.12. The van der Waals surface area contributed by atoms with Crippen molar-refractivity contribution in [3.63, 3.8) is 0 Å². The van der Waals surface area contributed by atoms with E-state index in [1.54, 1.807) is 25.9 Å². The smallest absolute Gasteiger partial charge is 0.225 e. The van der Waals surface area contributed by atoms with Crippen LogP contribution in [-0.4, -0.2) is 53.7 Å². The molecule has 1 unspecified atom stereocenters. The van der Waals surface area contributed by atoms with Gasteiger partial charge in [0.15, 0.2) is 0 Å². The third kappa shape index (κ3) is 4.62. The molecule has 0 aliphatic carbocycles. The van der Waals surface area contributed by atoms with E-state index in [4.69, 9.17) is 4.74 Å². The average molecular weight is 362 g/mol. The third-order valence-corrected chi connectivity index (χ3v) is 5.25. The van der Waals surface area contributed by atoms with Crippen molar-refractivity contribution in [3.05, 3.63) is 35.9 Å². The Morgan fingerprint density at radius 3 is 2.50 bits per heavy atom. The SMILES string of the molecule is CO[C@H]([C@@H](C)C(=O)N[C@H](C)C(O)c1ccccc1)[C@@H]1CCCN1C(C)=O. The largest absolute Gasteiger partial charge is 0.386 e. The molecule has 1 aliphatic heterocycles. The molecule has 0 radical (unpaired) electrons. The first-order chi connectivity index (χ1) is 12.4. The number of nitrogens with one attached hydrogen (secondary N) is 1. The summed E-state index contributed by atoms with van der Waals surface area (Å²) >= 11 is 0. The van der Waals surface area contributed by atoms with Gasteiger partial charge in [-0.2, -0.15) is 0 Å².